The Morgan fingerprint density at radius 3 is 2.72 bits per heavy atom. The molecule has 1 atom stereocenters. The van der Waals surface area contributed by atoms with E-state index < -0.39 is 17.7 Å². The smallest absolute Gasteiger partial charge is 0.306 e. The van der Waals surface area contributed by atoms with Gasteiger partial charge in [-0.15, -0.1) is 0 Å². The average molecular weight is 274 g/mol. The van der Waals surface area contributed by atoms with E-state index in [1.165, 1.54) is 12.1 Å². The van der Waals surface area contributed by atoms with Crippen LogP contribution in [0.4, 0.5) is 4.39 Å². The number of carbonyl (C=O) groups is 1. The van der Waals surface area contributed by atoms with Gasteiger partial charge in [-0.1, -0.05) is 24.1 Å². The molecule has 0 aliphatic carbocycles. The molecule has 18 heavy (non-hydrogen) atoms. The van der Waals surface area contributed by atoms with Crippen molar-refractivity contribution in [2.45, 2.75) is 25.7 Å². The molecule has 0 saturated heterocycles. The summed E-state index contributed by atoms with van der Waals surface area (Å²) in [5.74, 6) is -1.88. The topological polar surface area (TPSA) is 63.3 Å². The zero-order valence-corrected chi connectivity index (χ0v) is 10.8. The van der Waals surface area contributed by atoms with Crippen molar-refractivity contribution in [1.29, 1.82) is 0 Å². The Morgan fingerprint density at radius 2 is 2.17 bits per heavy atom. The Morgan fingerprint density at radius 1 is 1.44 bits per heavy atom. The van der Waals surface area contributed by atoms with E-state index in [4.69, 9.17) is 22.4 Å². The molecule has 0 amide bonds. The highest BCUT2D eigenvalue weighted by Crippen LogP contribution is 2.20. The molecule has 3 nitrogen and oxygen atoms in total. The molecule has 1 rings (SSSR count). The zero-order chi connectivity index (χ0) is 13.5. The Hall–Kier alpha value is -1.13. The molecule has 1 aromatic rings. The molecule has 0 aromatic heterocycles. The second-order valence-electron chi connectivity index (χ2n) is 4.27. The van der Waals surface area contributed by atoms with Gasteiger partial charge < -0.3 is 10.8 Å². The lowest BCUT2D eigenvalue weighted by atomic mass is 9.94. The van der Waals surface area contributed by atoms with Crippen LogP contribution >= 0.6 is 11.6 Å². The lowest BCUT2D eigenvalue weighted by molar-refractivity contribution is -0.142. The molecule has 1 aromatic carbocycles. The third-order valence-electron chi connectivity index (χ3n) is 2.82. The first-order valence-electron chi connectivity index (χ1n) is 5.91. The van der Waals surface area contributed by atoms with E-state index in [0.717, 1.165) is 12.8 Å². The van der Waals surface area contributed by atoms with Crippen molar-refractivity contribution in [3.05, 3.63) is 34.6 Å². The van der Waals surface area contributed by atoms with Crippen LogP contribution in [0.3, 0.4) is 0 Å². The molecule has 0 saturated carbocycles. The number of carboxylic acid groups (broad SMARTS) is 1. The number of hydrogen-bond donors (Lipinski definition) is 2. The lowest BCUT2D eigenvalue weighted by Gasteiger charge is -2.12. The molecule has 1 unspecified atom stereocenters. The molecular weight excluding hydrogens is 257 g/mol. The number of carboxylic acids is 1. The first-order chi connectivity index (χ1) is 8.54. The molecule has 100 valence electrons. The second-order valence-corrected chi connectivity index (χ2v) is 4.68. The summed E-state index contributed by atoms with van der Waals surface area (Å²) in [7, 11) is 0. The van der Waals surface area contributed by atoms with Gasteiger partial charge in [0.2, 0.25) is 0 Å². The summed E-state index contributed by atoms with van der Waals surface area (Å²) in [4.78, 5) is 11.1. The number of hydrogen-bond acceptors (Lipinski definition) is 2. The van der Waals surface area contributed by atoms with Crippen molar-refractivity contribution >= 4 is 17.6 Å². The summed E-state index contributed by atoms with van der Waals surface area (Å²) in [5, 5.41) is 9.16. The summed E-state index contributed by atoms with van der Waals surface area (Å²) in [6.45, 7) is 0.557. The number of benzene rings is 1. The maximum atomic E-state index is 13.2. The number of halogens is 2. The molecule has 0 aliphatic heterocycles. The normalized spacial score (nSPS) is 12.4. The van der Waals surface area contributed by atoms with E-state index in [-0.39, 0.29) is 5.02 Å². The highest BCUT2D eigenvalue weighted by molar-refractivity contribution is 6.30. The molecule has 0 radical (unpaired) electrons. The number of nitrogens with two attached hydrogens (primary N) is 1. The van der Waals surface area contributed by atoms with Crippen LogP contribution in [0.5, 0.6) is 0 Å². The van der Waals surface area contributed by atoms with Crippen LogP contribution in [0, 0.1) is 11.7 Å². The standard InChI is InChI=1S/C13H17ClFNO2/c14-11-5-4-9(8-12(11)15)7-10(13(17)18)3-1-2-6-16/h4-5,8,10H,1-3,6-7,16H2,(H,17,18). The van der Waals surface area contributed by atoms with E-state index in [1.807, 2.05) is 0 Å². The second kappa shape index (κ2) is 7.34. The maximum Gasteiger partial charge on any atom is 0.306 e. The van der Waals surface area contributed by atoms with Crippen LogP contribution < -0.4 is 5.73 Å². The number of rotatable bonds is 7. The zero-order valence-electron chi connectivity index (χ0n) is 10.0. The number of unbranched alkanes of at least 4 members (excludes halogenated alkanes) is 1. The molecule has 0 spiro atoms. The molecule has 0 bridgehead atoms. The van der Waals surface area contributed by atoms with Crippen molar-refractivity contribution in [2.24, 2.45) is 11.7 Å². The summed E-state index contributed by atoms with van der Waals surface area (Å²) in [6.07, 6.45) is 2.44. The van der Waals surface area contributed by atoms with Crippen LogP contribution in [-0.4, -0.2) is 17.6 Å². The molecule has 0 aliphatic rings. The van der Waals surface area contributed by atoms with Gasteiger partial charge in [-0.2, -0.15) is 0 Å². The van der Waals surface area contributed by atoms with Crippen LogP contribution in [0.2, 0.25) is 5.02 Å². The quantitative estimate of drug-likeness (QED) is 0.751. The van der Waals surface area contributed by atoms with Gasteiger partial charge in [-0.05, 0) is 43.5 Å². The SMILES string of the molecule is NCCCCC(Cc1ccc(Cl)c(F)c1)C(=O)O. The van der Waals surface area contributed by atoms with Gasteiger partial charge >= 0.3 is 5.97 Å². The Labute approximate surface area is 111 Å². The first-order valence-corrected chi connectivity index (χ1v) is 6.29. The maximum absolute atomic E-state index is 13.2. The highest BCUT2D eigenvalue weighted by Gasteiger charge is 2.18. The summed E-state index contributed by atoms with van der Waals surface area (Å²) < 4.78 is 13.2. The fourth-order valence-electron chi connectivity index (χ4n) is 1.80. The fourth-order valence-corrected chi connectivity index (χ4v) is 1.92. The summed E-state index contributed by atoms with van der Waals surface area (Å²) in [6, 6.07) is 4.40. The first kappa shape index (κ1) is 14.9. The average Bonchev–Trinajstić information content (AvgIpc) is 2.32. The van der Waals surface area contributed by atoms with Gasteiger partial charge in [-0.3, -0.25) is 4.79 Å². The number of aliphatic carboxylic acids is 1. The molecule has 5 heteroatoms. The van der Waals surface area contributed by atoms with Gasteiger partial charge in [0.05, 0.1) is 10.9 Å². The minimum atomic E-state index is -0.859. The van der Waals surface area contributed by atoms with E-state index in [9.17, 15) is 9.18 Å². The minimum absolute atomic E-state index is 0.0498. The third-order valence-corrected chi connectivity index (χ3v) is 3.13. The Balaban J connectivity index is 2.64. The van der Waals surface area contributed by atoms with Crippen LogP contribution in [0.25, 0.3) is 0 Å². The van der Waals surface area contributed by atoms with Crippen LogP contribution in [-0.2, 0) is 11.2 Å². The third kappa shape index (κ3) is 4.63. The van der Waals surface area contributed by atoms with E-state index in [2.05, 4.69) is 0 Å². The predicted octanol–water partition coefficient (Wildman–Crippen LogP) is 2.85. The van der Waals surface area contributed by atoms with Crippen LogP contribution in [0.15, 0.2) is 18.2 Å². The molecule has 0 heterocycles. The lowest BCUT2D eigenvalue weighted by Crippen LogP contribution is -2.17. The van der Waals surface area contributed by atoms with Crippen molar-refractivity contribution < 1.29 is 14.3 Å². The highest BCUT2D eigenvalue weighted by atomic mass is 35.5. The monoisotopic (exact) mass is 273 g/mol. The van der Waals surface area contributed by atoms with Gasteiger partial charge in [0.25, 0.3) is 0 Å². The largest absolute Gasteiger partial charge is 0.481 e. The van der Waals surface area contributed by atoms with Crippen molar-refractivity contribution in [3.8, 4) is 0 Å². The van der Waals surface area contributed by atoms with Gasteiger partial charge in [0.15, 0.2) is 0 Å². The fraction of sp³-hybridized carbons (Fsp3) is 0.462. The molecule has 0 fully saturated rings. The van der Waals surface area contributed by atoms with Crippen molar-refractivity contribution in [3.63, 3.8) is 0 Å². The Bertz CT molecular complexity index is 412. The van der Waals surface area contributed by atoms with E-state index in [0.29, 0.717) is 24.9 Å². The van der Waals surface area contributed by atoms with Gasteiger partial charge in [0.1, 0.15) is 5.82 Å². The van der Waals surface area contributed by atoms with Crippen molar-refractivity contribution in [2.75, 3.05) is 6.54 Å². The van der Waals surface area contributed by atoms with Gasteiger partial charge in [-0.25, -0.2) is 4.39 Å². The molecule has 3 N–H and O–H groups in total. The Kier molecular flexibility index (Phi) is 6.09. The van der Waals surface area contributed by atoms with Crippen LogP contribution in [0.1, 0.15) is 24.8 Å². The van der Waals surface area contributed by atoms with Gasteiger partial charge in [0, 0.05) is 0 Å². The van der Waals surface area contributed by atoms with E-state index >= 15 is 0 Å². The van der Waals surface area contributed by atoms with Crippen molar-refractivity contribution in [1.82, 2.24) is 0 Å². The summed E-state index contributed by atoms with van der Waals surface area (Å²) in [5.41, 5.74) is 6.02. The van der Waals surface area contributed by atoms with E-state index in [1.54, 1.807) is 6.07 Å². The minimum Gasteiger partial charge on any atom is -0.481 e. The molecular formula is C13H17ClFNO2. The summed E-state index contributed by atoms with van der Waals surface area (Å²) >= 11 is 5.58. The predicted molar refractivity (Wildman–Crippen MR) is 69.1 cm³/mol.